The number of nitro benzene ring substituents is 1. The van der Waals surface area contributed by atoms with E-state index in [-0.39, 0.29) is 17.8 Å². The molecule has 4 aromatic rings. The minimum Gasteiger partial charge on any atom is -0.329 e. The van der Waals surface area contributed by atoms with Gasteiger partial charge in [0.2, 0.25) is 5.91 Å². The van der Waals surface area contributed by atoms with Gasteiger partial charge in [0.25, 0.3) is 11.6 Å². The molecule has 9 heteroatoms. The van der Waals surface area contributed by atoms with Crippen molar-refractivity contribution < 1.29 is 14.5 Å². The van der Waals surface area contributed by atoms with Crippen molar-refractivity contribution in [1.82, 2.24) is 14.7 Å². The molecule has 38 heavy (non-hydrogen) atoms. The van der Waals surface area contributed by atoms with Crippen molar-refractivity contribution in [3.8, 4) is 16.8 Å². The fourth-order valence-corrected chi connectivity index (χ4v) is 4.37. The zero-order valence-corrected chi connectivity index (χ0v) is 21.5. The van der Waals surface area contributed by atoms with Gasteiger partial charge in [-0.25, -0.2) is 4.68 Å². The number of anilines is 1. The van der Waals surface area contributed by atoms with Crippen molar-refractivity contribution in [1.29, 1.82) is 0 Å². The lowest BCUT2D eigenvalue weighted by atomic mass is 10.1. The highest BCUT2D eigenvalue weighted by Crippen LogP contribution is 2.34. The first-order valence-electron chi connectivity index (χ1n) is 12.3. The molecule has 0 saturated heterocycles. The van der Waals surface area contributed by atoms with E-state index in [0.717, 1.165) is 28.1 Å². The van der Waals surface area contributed by atoms with E-state index in [4.69, 9.17) is 5.10 Å². The molecule has 0 aliphatic heterocycles. The number of hydrogen-bond donors (Lipinski definition) is 1. The number of amides is 2. The molecule has 1 N–H and O–H groups in total. The lowest BCUT2D eigenvalue weighted by molar-refractivity contribution is -0.384. The van der Waals surface area contributed by atoms with Gasteiger partial charge in [-0.3, -0.25) is 19.7 Å². The number of carbonyl (C=O) groups excluding carboxylic acids is 2. The van der Waals surface area contributed by atoms with Crippen LogP contribution in [0.5, 0.6) is 0 Å². The highest BCUT2D eigenvalue weighted by Gasteiger charge is 2.24. The molecule has 0 aliphatic rings. The second-order valence-electron chi connectivity index (χ2n) is 8.96. The number of benzene rings is 3. The van der Waals surface area contributed by atoms with Crippen LogP contribution in [-0.4, -0.2) is 44.5 Å². The molecule has 0 radical (unpaired) electrons. The molecule has 0 atom stereocenters. The molecule has 0 spiro atoms. The third-order valence-electron chi connectivity index (χ3n) is 6.14. The van der Waals surface area contributed by atoms with E-state index in [2.05, 4.69) is 5.32 Å². The van der Waals surface area contributed by atoms with Crippen molar-refractivity contribution >= 4 is 23.3 Å². The Morgan fingerprint density at radius 2 is 1.71 bits per heavy atom. The minimum absolute atomic E-state index is 0.159. The first-order chi connectivity index (χ1) is 18.3. The molecule has 0 saturated carbocycles. The third kappa shape index (κ3) is 5.62. The van der Waals surface area contributed by atoms with Crippen LogP contribution < -0.4 is 5.32 Å². The van der Waals surface area contributed by atoms with Crippen LogP contribution in [0.2, 0.25) is 0 Å². The third-order valence-corrected chi connectivity index (χ3v) is 6.14. The second kappa shape index (κ2) is 11.5. The van der Waals surface area contributed by atoms with Gasteiger partial charge in [0.1, 0.15) is 12.4 Å². The molecule has 0 fully saturated rings. The number of rotatable bonds is 9. The predicted molar refractivity (Wildman–Crippen MR) is 146 cm³/mol. The second-order valence-corrected chi connectivity index (χ2v) is 8.96. The topological polar surface area (TPSA) is 110 Å². The fraction of sp³-hybridized carbons (Fsp3) is 0.207. The molecular formula is C29H29N5O4. The van der Waals surface area contributed by atoms with Crippen LogP contribution >= 0.6 is 0 Å². The molecule has 0 unspecified atom stereocenters. The lowest BCUT2D eigenvalue weighted by Crippen LogP contribution is -2.38. The molecule has 3 aromatic carbocycles. The van der Waals surface area contributed by atoms with Crippen LogP contribution in [0.1, 0.15) is 35.0 Å². The number of nitrogens with one attached hydrogen (secondary N) is 1. The van der Waals surface area contributed by atoms with Crippen LogP contribution in [0.3, 0.4) is 0 Å². The first-order valence-corrected chi connectivity index (χ1v) is 12.3. The number of carbonyl (C=O) groups is 2. The molecule has 0 aliphatic carbocycles. The fourth-order valence-electron chi connectivity index (χ4n) is 4.37. The Morgan fingerprint density at radius 1 is 1.00 bits per heavy atom. The summed E-state index contributed by atoms with van der Waals surface area (Å²) in [6.45, 7) is 5.86. The van der Waals surface area contributed by atoms with Crippen molar-refractivity contribution in [2.24, 2.45) is 0 Å². The van der Waals surface area contributed by atoms with Gasteiger partial charge in [-0.1, -0.05) is 61.5 Å². The number of hydrogen-bond acceptors (Lipinski definition) is 5. The van der Waals surface area contributed by atoms with Crippen molar-refractivity contribution in [2.75, 3.05) is 18.4 Å². The molecule has 2 amide bonds. The van der Waals surface area contributed by atoms with E-state index in [9.17, 15) is 19.7 Å². The normalized spacial score (nSPS) is 10.7. The Bertz CT molecular complexity index is 1480. The Kier molecular flexibility index (Phi) is 7.96. The molecular weight excluding hydrogens is 482 g/mol. The Labute approximate surface area is 220 Å². The summed E-state index contributed by atoms with van der Waals surface area (Å²) < 4.78 is 1.72. The van der Waals surface area contributed by atoms with Gasteiger partial charge in [0, 0.05) is 29.8 Å². The zero-order chi connectivity index (χ0) is 27.2. The number of nitro groups is 1. The summed E-state index contributed by atoms with van der Waals surface area (Å²) in [5.41, 5.74) is 4.22. The average Bonchev–Trinajstić information content (AvgIpc) is 3.23. The highest BCUT2D eigenvalue weighted by molar-refractivity contribution is 6.01. The minimum atomic E-state index is -0.548. The molecule has 1 aromatic heterocycles. The molecule has 9 nitrogen and oxygen atoms in total. The van der Waals surface area contributed by atoms with Crippen molar-refractivity contribution in [2.45, 2.75) is 27.2 Å². The van der Waals surface area contributed by atoms with Crippen LogP contribution in [0.25, 0.3) is 16.8 Å². The van der Waals surface area contributed by atoms with E-state index in [1.807, 2.05) is 75.4 Å². The largest absolute Gasteiger partial charge is 0.329 e. The van der Waals surface area contributed by atoms with E-state index >= 15 is 0 Å². The predicted octanol–water partition coefficient (Wildman–Crippen LogP) is 5.56. The average molecular weight is 512 g/mol. The molecule has 4 rings (SSSR count). The standard InChI is InChI=1S/C29H29N5O4/c1-4-17-32(29(36)23-14-10-15-24(18-23)34(37)38)19-26(35)30-28-27(22-12-6-5-7-13-22)21(3)31-33(28)25-16-9-8-11-20(25)2/h5-16,18H,4,17,19H2,1-3H3,(H,30,35). The van der Waals surface area contributed by atoms with Gasteiger partial charge in [0.05, 0.1) is 16.3 Å². The number of aromatic nitrogens is 2. The number of nitrogens with zero attached hydrogens (tertiary/aromatic N) is 4. The maximum absolute atomic E-state index is 13.4. The number of non-ortho nitro benzene ring substituents is 1. The van der Waals surface area contributed by atoms with Gasteiger partial charge in [0.15, 0.2) is 0 Å². The first kappa shape index (κ1) is 26.3. The lowest BCUT2D eigenvalue weighted by Gasteiger charge is -2.22. The van der Waals surface area contributed by atoms with Crippen LogP contribution in [0.4, 0.5) is 11.5 Å². The Morgan fingerprint density at radius 3 is 2.39 bits per heavy atom. The van der Waals surface area contributed by atoms with Crippen LogP contribution in [0.15, 0.2) is 78.9 Å². The number of aryl methyl sites for hydroxylation is 2. The van der Waals surface area contributed by atoms with Crippen LogP contribution in [-0.2, 0) is 4.79 Å². The van der Waals surface area contributed by atoms with Gasteiger partial charge in [-0.05, 0) is 43.5 Å². The highest BCUT2D eigenvalue weighted by atomic mass is 16.6. The number of para-hydroxylation sites is 1. The molecule has 1 heterocycles. The maximum Gasteiger partial charge on any atom is 0.270 e. The summed E-state index contributed by atoms with van der Waals surface area (Å²) in [6, 6.07) is 23.0. The van der Waals surface area contributed by atoms with E-state index in [1.54, 1.807) is 4.68 Å². The summed E-state index contributed by atoms with van der Waals surface area (Å²) in [7, 11) is 0. The van der Waals surface area contributed by atoms with Gasteiger partial charge >= 0.3 is 0 Å². The van der Waals surface area contributed by atoms with Crippen molar-refractivity contribution in [3.05, 3.63) is 106 Å². The smallest absolute Gasteiger partial charge is 0.270 e. The zero-order valence-electron chi connectivity index (χ0n) is 21.5. The SMILES string of the molecule is CCCN(CC(=O)Nc1c(-c2ccccc2)c(C)nn1-c1ccccc1C)C(=O)c1cccc([N+](=O)[O-])c1. The monoisotopic (exact) mass is 511 g/mol. The maximum atomic E-state index is 13.4. The van der Waals surface area contributed by atoms with E-state index < -0.39 is 16.7 Å². The van der Waals surface area contributed by atoms with E-state index in [0.29, 0.717) is 18.8 Å². The van der Waals surface area contributed by atoms with Crippen LogP contribution in [0, 0.1) is 24.0 Å². The summed E-state index contributed by atoms with van der Waals surface area (Å²) >= 11 is 0. The quantitative estimate of drug-likeness (QED) is 0.234. The van der Waals surface area contributed by atoms with E-state index in [1.165, 1.54) is 29.2 Å². The summed E-state index contributed by atoms with van der Waals surface area (Å²) in [5, 5.41) is 18.9. The van der Waals surface area contributed by atoms with Gasteiger partial charge in [-0.15, -0.1) is 0 Å². The Balaban J connectivity index is 1.68. The van der Waals surface area contributed by atoms with Crippen molar-refractivity contribution in [3.63, 3.8) is 0 Å². The molecule has 194 valence electrons. The summed E-state index contributed by atoms with van der Waals surface area (Å²) in [4.78, 5) is 38.7. The van der Waals surface area contributed by atoms with Gasteiger partial charge in [-0.2, -0.15) is 5.10 Å². The molecule has 0 bridgehead atoms. The summed E-state index contributed by atoms with van der Waals surface area (Å²) in [6.07, 6.45) is 0.615. The van der Waals surface area contributed by atoms with Gasteiger partial charge < -0.3 is 10.2 Å². The Hall–Kier alpha value is -4.79. The summed E-state index contributed by atoms with van der Waals surface area (Å²) in [5.74, 6) is -0.339.